The van der Waals surface area contributed by atoms with Crippen molar-refractivity contribution in [3.05, 3.63) is 69.8 Å². The fraction of sp³-hybridized carbons (Fsp3) is 0.211. The van der Waals surface area contributed by atoms with Crippen LogP contribution in [0.5, 0.6) is 5.75 Å². The second kappa shape index (κ2) is 7.58. The maximum absolute atomic E-state index is 12.8. The van der Waals surface area contributed by atoms with Gasteiger partial charge in [-0.3, -0.25) is 25.1 Å². The molecule has 150 valence electrons. The molecule has 0 unspecified atom stereocenters. The van der Waals surface area contributed by atoms with Crippen LogP contribution in [0, 0.1) is 10.1 Å². The largest absolute Gasteiger partial charge is 0.497 e. The van der Waals surface area contributed by atoms with Gasteiger partial charge in [0.1, 0.15) is 11.3 Å². The van der Waals surface area contributed by atoms with Crippen LogP contribution in [0.3, 0.4) is 0 Å². The number of carbonyl (C=O) groups is 3. The number of imide groups is 1. The van der Waals surface area contributed by atoms with Gasteiger partial charge in [0.15, 0.2) is 0 Å². The molecule has 29 heavy (non-hydrogen) atoms. The highest BCUT2D eigenvalue weighted by Crippen LogP contribution is 2.29. The van der Waals surface area contributed by atoms with E-state index in [-0.39, 0.29) is 17.7 Å². The Morgan fingerprint density at radius 3 is 2.48 bits per heavy atom. The molecule has 3 rings (SSSR count). The molecule has 2 aromatic carbocycles. The van der Waals surface area contributed by atoms with Crippen LogP contribution in [0.4, 0.5) is 10.5 Å². The maximum Gasteiger partial charge on any atom is 0.344 e. The number of hydrogen-bond acceptors (Lipinski definition) is 6. The van der Waals surface area contributed by atoms with Gasteiger partial charge < -0.3 is 10.1 Å². The lowest BCUT2D eigenvalue weighted by Crippen LogP contribution is -2.48. The van der Waals surface area contributed by atoms with Crippen molar-refractivity contribution < 1.29 is 24.0 Å². The molecule has 1 heterocycles. The molecule has 0 aliphatic carbocycles. The van der Waals surface area contributed by atoms with Crippen molar-refractivity contribution in [3.8, 4) is 5.75 Å². The third-order valence-corrected chi connectivity index (χ3v) is 4.63. The smallest absolute Gasteiger partial charge is 0.344 e. The molecule has 1 aliphatic rings. The molecule has 1 fully saturated rings. The predicted octanol–water partition coefficient (Wildman–Crippen LogP) is 1.64. The maximum atomic E-state index is 12.8. The van der Waals surface area contributed by atoms with E-state index in [2.05, 4.69) is 10.7 Å². The number of benzene rings is 2. The molecule has 1 atom stereocenters. The number of rotatable bonds is 6. The minimum Gasteiger partial charge on any atom is -0.497 e. The van der Waals surface area contributed by atoms with E-state index < -0.39 is 28.3 Å². The van der Waals surface area contributed by atoms with Gasteiger partial charge in [0.25, 0.3) is 11.6 Å². The van der Waals surface area contributed by atoms with Crippen LogP contribution in [-0.2, 0) is 21.5 Å². The van der Waals surface area contributed by atoms with E-state index in [0.29, 0.717) is 16.3 Å². The summed E-state index contributed by atoms with van der Waals surface area (Å²) in [6, 6.07) is 11.5. The lowest BCUT2D eigenvalue weighted by atomic mass is 9.92. The fourth-order valence-corrected chi connectivity index (χ4v) is 3.04. The lowest BCUT2D eigenvalue weighted by Gasteiger charge is -2.22. The van der Waals surface area contributed by atoms with Crippen LogP contribution in [0.25, 0.3) is 0 Å². The van der Waals surface area contributed by atoms with Gasteiger partial charge in [-0.1, -0.05) is 30.3 Å². The van der Waals surface area contributed by atoms with Crippen LogP contribution < -0.4 is 15.5 Å². The van der Waals surface area contributed by atoms with Crippen LogP contribution in [-0.4, -0.2) is 34.9 Å². The first-order chi connectivity index (χ1) is 13.8. The molecule has 2 N–H and O–H groups in total. The van der Waals surface area contributed by atoms with E-state index >= 15 is 0 Å². The molecule has 0 saturated carbocycles. The number of nitrogens with zero attached hydrogens (tertiary/aromatic N) is 2. The number of hydrogen-bond donors (Lipinski definition) is 2. The zero-order valence-corrected chi connectivity index (χ0v) is 15.7. The number of hydrazine groups is 1. The average Bonchev–Trinajstić information content (AvgIpc) is 2.92. The van der Waals surface area contributed by atoms with E-state index in [4.69, 9.17) is 4.74 Å². The van der Waals surface area contributed by atoms with Gasteiger partial charge in [0.05, 0.1) is 18.5 Å². The molecular weight excluding hydrogens is 380 g/mol. The second-order valence-corrected chi connectivity index (χ2v) is 6.52. The lowest BCUT2D eigenvalue weighted by molar-refractivity contribution is -0.385. The van der Waals surface area contributed by atoms with Gasteiger partial charge >= 0.3 is 6.03 Å². The quantitative estimate of drug-likeness (QED) is 0.432. The summed E-state index contributed by atoms with van der Waals surface area (Å²) in [6.07, 6.45) is -0.368. The summed E-state index contributed by atoms with van der Waals surface area (Å²) in [5, 5.41) is 14.2. The molecule has 10 heteroatoms. The summed E-state index contributed by atoms with van der Waals surface area (Å²) < 4.78 is 5.08. The SMILES string of the molecule is COc1ccc([C@@]2(C)NC(=O)N(NC(=O)Cc3ccccc3[N+](=O)[O-])C2=O)cc1. The van der Waals surface area contributed by atoms with E-state index in [9.17, 15) is 24.5 Å². The number of nitro groups is 1. The van der Waals surface area contributed by atoms with Gasteiger partial charge in [-0.2, -0.15) is 5.01 Å². The Morgan fingerprint density at radius 2 is 1.86 bits per heavy atom. The summed E-state index contributed by atoms with van der Waals surface area (Å²) in [7, 11) is 1.51. The number of para-hydroxylation sites is 1. The third kappa shape index (κ3) is 3.72. The number of urea groups is 1. The monoisotopic (exact) mass is 398 g/mol. The molecule has 0 bridgehead atoms. The van der Waals surface area contributed by atoms with Crippen molar-refractivity contribution in [1.29, 1.82) is 0 Å². The first-order valence-corrected chi connectivity index (χ1v) is 8.59. The number of amides is 4. The summed E-state index contributed by atoms with van der Waals surface area (Å²) in [4.78, 5) is 48.0. The van der Waals surface area contributed by atoms with Crippen molar-refractivity contribution in [2.24, 2.45) is 0 Å². The zero-order valence-electron chi connectivity index (χ0n) is 15.7. The number of ether oxygens (including phenoxy) is 1. The molecule has 2 aromatic rings. The predicted molar refractivity (Wildman–Crippen MR) is 101 cm³/mol. The summed E-state index contributed by atoms with van der Waals surface area (Å²) in [5.74, 6) is -0.825. The molecular formula is C19H18N4O6. The molecule has 0 spiro atoms. The minimum absolute atomic E-state index is 0.167. The highest BCUT2D eigenvalue weighted by atomic mass is 16.6. The number of nitrogens with one attached hydrogen (secondary N) is 2. The van der Waals surface area contributed by atoms with Crippen molar-refractivity contribution >= 4 is 23.5 Å². The topological polar surface area (TPSA) is 131 Å². The molecule has 1 aliphatic heterocycles. The Hall–Kier alpha value is -3.95. The van der Waals surface area contributed by atoms with Crippen LogP contribution in [0.1, 0.15) is 18.1 Å². The Bertz CT molecular complexity index is 990. The number of methoxy groups -OCH3 is 1. The minimum atomic E-state index is -1.38. The normalized spacial score (nSPS) is 18.3. The van der Waals surface area contributed by atoms with E-state index in [1.807, 2.05) is 0 Å². The van der Waals surface area contributed by atoms with Crippen molar-refractivity contribution in [2.45, 2.75) is 18.9 Å². The van der Waals surface area contributed by atoms with E-state index in [1.54, 1.807) is 30.3 Å². The Balaban J connectivity index is 1.76. The van der Waals surface area contributed by atoms with E-state index in [0.717, 1.165) is 0 Å². The molecule has 10 nitrogen and oxygen atoms in total. The van der Waals surface area contributed by atoms with Crippen molar-refractivity contribution in [3.63, 3.8) is 0 Å². The Morgan fingerprint density at radius 1 is 1.21 bits per heavy atom. The molecule has 4 amide bonds. The first kappa shape index (κ1) is 19.8. The highest BCUT2D eigenvalue weighted by Gasteiger charge is 2.50. The number of nitro benzene ring substituents is 1. The second-order valence-electron chi connectivity index (χ2n) is 6.52. The first-order valence-electron chi connectivity index (χ1n) is 8.59. The highest BCUT2D eigenvalue weighted by molar-refractivity contribution is 6.08. The Labute approximate surface area is 165 Å². The Kier molecular flexibility index (Phi) is 5.18. The number of carbonyl (C=O) groups excluding carboxylic acids is 3. The van der Waals surface area contributed by atoms with Crippen LogP contribution >= 0.6 is 0 Å². The van der Waals surface area contributed by atoms with Crippen molar-refractivity contribution in [2.75, 3.05) is 7.11 Å². The van der Waals surface area contributed by atoms with E-state index in [1.165, 1.54) is 32.2 Å². The summed E-state index contributed by atoms with van der Waals surface area (Å²) >= 11 is 0. The van der Waals surface area contributed by atoms with Gasteiger partial charge in [0, 0.05) is 11.6 Å². The fourth-order valence-electron chi connectivity index (χ4n) is 3.04. The van der Waals surface area contributed by atoms with Crippen LogP contribution in [0.2, 0.25) is 0 Å². The van der Waals surface area contributed by atoms with Crippen LogP contribution in [0.15, 0.2) is 48.5 Å². The third-order valence-electron chi connectivity index (χ3n) is 4.63. The van der Waals surface area contributed by atoms with Gasteiger partial charge in [0.2, 0.25) is 5.91 Å². The zero-order chi connectivity index (χ0) is 21.2. The molecule has 0 radical (unpaired) electrons. The average molecular weight is 398 g/mol. The van der Waals surface area contributed by atoms with Gasteiger partial charge in [-0.15, -0.1) is 0 Å². The molecule has 1 saturated heterocycles. The standard InChI is InChI=1S/C19H18N4O6/c1-19(13-7-9-14(29-2)10-8-13)17(25)22(18(26)20-19)21-16(24)11-12-5-3-4-6-15(12)23(27)28/h3-10H,11H2,1-2H3,(H,20,26)(H,21,24)/t19-/m1/s1. The van der Waals surface area contributed by atoms with Crippen molar-refractivity contribution in [1.82, 2.24) is 15.8 Å². The van der Waals surface area contributed by atoms with Gasteiger partial charge in [-0.05, 0) is 24.6 Å². The summed E-state index contributed by atoms with van der Waals surface area (Å²) in [5.41, 5.74) is 1.30. The summed E-state index contributed by atoms with van der Waals surface area (Å²) in [6.45, 7) is 1.52. The van der Waals surface area contributed by atoms with Gasteiger partial charge in [-0.25, -0.2) is 4.79 Å². The molecule has 0 aromatic heterocycles.